The van der Waals surface area contributed by atoms with Gasteiger partial charge in [0.05, 0.1) is 15.7 Å². The summed E-state index contributed by atoms with van der Waals surface area (Å²) in [5.74, 6) is 0. The fourth-order valence-electron chi connectivity index (χ4n) is 1.93. The molecule has 0 aliphatic rings. The first-order valence-electron chi connectivity index (χ1n) is 7.70. The van der Waals surface area contributed by atoms with Crippen LogP contribution in [0.15, 0.2) is 12.7 Å². The van der Waals surface area contributed by atoms with Gasteiger partial charge in [0.1, 0.15) is 0 Å². The maximum Gasteiger partial charge on any atom is 0.0972 e. The second-order valence-corrected chi connectivity index (χ2v) is 8.27. The Bertz CT molecular complexity index is 258. The van der Waals surface area contributed by atoms with Crippen LogP contribution in [0.3, 0.4) is 0 Å². The molecule has 0 fully saturated rings. The van der Waals surface area contributed by atoms with Gasteiger partial charge in [-0.25, -0.2) is 8.93 Å². The molecule has 2 atom stereocenters. The van der Waals surface area contributed by atoms with E-state index in [4.69, 9.17) is 0 Å². The van der Waals surface area contributed by atoms with Gasteiger partial charge in [-0.3, -0.25) is 0 Å². The molecule has 0 aromatic carbocycles. The van der Waals surface area contributed by atoms with Crippen molar-refractivity contribution >= 4 is 11.0 Å². The highest BCUT2D eigenvalue weighted by Gasteiger charge is 2.21. The van der Waals surface area contributed by atoms with E-state index in [9.17, 15) is 4.21 Å². The minimum absolute atomic E-state index is 0.194. The molecule has 1 N–H and O–H groups in total. The van der Waals surface area contributed by atoms with E-state index in [1.807, 2.05) is 26.8 Å². The molecule has 19 heavy (non-hydrogen) atoms. The largest absolute Gasteiger partial charge is 0.242 e. The number of hydrogen-bond donors (Lipinski definition) is 1. The lowest BCUT2D eigenvalue weighted by Gasteiger charge is -2.23. The Balaban J connectivity index is 3.92. The molecule has 0 rings (SSSR count). The Kier molecular flexibility index (Phi) is 10.5. The first kappa shape index (κ1) is 18.9. The van der Waals surface area contributed by atoms with Crippen molar-refractivity contribution in [3.8, 4) is 0 Å². The van der Waals surface area contributed by atoms with Gasteiger partial charge in [-0.15, -0.1) is 6.58 Å². The van der Waals surface area contributed by atoms with Crippen LogP contribution in [0, 0.1) is 0 Å². The van der Waals surface area contributed by atoms with Gasteiger partial charge in [0.25, 0.3) is 0 Å². The summed E-state index contributed by atoms with van der Waals surface area (Å²) in [6, 6.07) is 0.309. The normalized spacial score (nSPS) is 15.2. The molecule has 0 aromatic rings. The standard InChI is InChI=1S/C16H33NOS/c1-6-8-9-10-11-12-14-15(13-7-2)17-19(18)16(3,4)5/h7,15,17H,2,6,8-14H2,1,3-5H3/t15-,19?/m0/s1. The van der Waals surface area contributed by atoms with Crippen molar-refractivity contribution in [1.82, 2.24) is 4.72 Å². The van der Waals surface area contributed by atoms with Crippen molar-refractivity contribution in [2.75, 3.05) is 0 Å². The second kappa shape index (κ2) is 10.6. The summed E-state index contributed by atoms with van der Waals surface area (Å²) >= 11 is 0. The Morgan fingerprint density at radius 1 is 1.16 bits per heavy atom. The Labute approximate surface area is 123 Å². The lowest BCUT2D eigenvalue weighted by molar-refractivity contribution is 0.508. The summed E-state index contributed by atoms with van der Waals surface area (Å²) in [7, 11) is -0.977. The van der Waals surface area contributed by atoms with Crippen LogP contribution < -0.4 is 4.72 Å². The average Bonchev–Trinajstić information content (AvgIpc) is 2.32. The number of hydrogen-bond acceptors (Lipinski definition) is 1. The maximum atomic E-state index is 12.1. The molecule has 0 spiro atoms. The van der Waals surface area contributed by atoms with Crippen molar-refractivity contribution < 1.29 is 4.21 Å². The molecule has 0 radical (unpaired) electrons. The van der Waals surface area contributed by atoms with Crippen LogP contribution in [0.5, 0.6) is 0 Å². The molecular weight excluding hydrogens is 254 g/mol. The molecule has 3 heteroatoms. The molecule has 0 saturated heterocycles. The van der Waals surface area contributed by atoms with Gasteiger partial charge in [0.15, 0.2) is 0 Å². The molecule has 0 saturated carbocycles. The predicted molar refractivity (Wildman–Crippen MR) is 87.6 cm³/mol. The maximum absolute atomic E-state index is 12.1. The predicted octanol–water partition coefficient (Wildman–Crippen LogP) is 4.73. The molecule has 2 nitrogen and oxygen atoms in total. The zero-order valence-electron chi connectivity index (χ0n) is 13.3. The molecule has 0 aliphatic heterocycles. The second-order valence-electron chi connectivity index (χ2n) is 6.28. The van der Waals surface area contributed by atoms with Crippen LogP contribution in [0.2, 0.25) is 0 Å². The smallest absolute Gasteiger partial charge is 0.0972 e. The van der Waals surface area contributed by atoms with Crippen LogP contribution in [-0.2, 0) is 11.0 Å². The Morgan fingerprint density at radius 3 is 2.26 bits per heavy atom. The third kappa shape index (κ3) is 10.3. The molecule has 0 amide bonds. The van der Waals surface area contributed by atoms with Crippen LogP contribution >= 0.6 is 0 Å². The van der Waals surface area contributed by atoms with Crippen molar-refractivity contribution in [3.05, 3.63) is 12.7 Å². The highest BCUT2D eigenvalue weighted by atomic mass is 32.2. The van der Waals surface area contributed by atoms with Crippen LogP contribution in [0.25, 0.3) is 0 Å². The summed E-state index contributed by atoms with van der Waals surface area (Å²) < 4.78 is 15.2. The van der Waals surface area contributed by atoms with E-state index < -0.39 is 11.0 Å². The topological polar surface area (TPSA) is 29.1 Å². The fourth-order valence-corrected chi connectivity index (χ4v) is 2.80. The van der Waals surface area contributed by atoms with E-state index in [0.717, 1.165) is 12.8 Å². The van der Waals surface area contributed by atoms with Gasteiger partial charge in [-0.05, 0) is 33.6 Å². The lowest BCUT2D eigenvalue weighted by Crippen LogP contribution is -2.39. The van der Waals surface area contributed by atoms with E-state index in [1.165, 1.54) is 38.5 Å². The van der Waals surface area contributed by atoms with E-state index in [2.05, 4.69) is 18.2 Å². The Morgan fingerprint density at radius 2 is 1.74 bits per heavy atom. The molecule has 114 valence electrons. The fraction of sp³-hybridized carbons (Fsp3) is 0.875. The average molecular weight is 288 g/mol. The summed E-state index contributed by atoms with van der Waals surface area (Å²) in [6.07, 6.45) is 11.8. The van der Waals surface area contributed by atoms with E-state index >= 15 is 0 Å². The van der Waals surface area contributed by atoms with Gasteiger partial charge in [-0.2, -0.15) is 0 Å². The SMILES string of the molecule is C=CC[C@@H](CCCCCCCC)NS(=O)C(C)(C)C. The zero-order valence-corrected chi connectivity index (χ0v) is 14.2. The number of nitrogens with one attached hydrogen (secondary N) is 1. The van der Waals surface area contributed by atoms with Crippen LogP contribution in [-0.4, -0.2) is 15.0 Å². The highest BCUT2D eigenvalue weighted by Crippen LogP contribution is 2.14. The van der Waals surface area contributed by atoms with Crippen LogP contribution in [0.1, 0.15) is 79.1 Å². The summed E-state index contributed by atoms with van der Waals surface area (Å²) in [6.45, 7) is 12.1. The lowest BCUT2D eigenvalue weighted by atomic mass is 10.0. The molecule has 0 heterocycles. The zero-order chi connectivity index (χ0) is 14.7. The molecule has 1 unspecified atom stereocenters. The molecular formula is C16H33NOS. The first-order chi connectivity index (χ1) is 8.91. The quantitative estimate of drug-likeness (QED) is 0.432. The van der Waals surface area contributed by atoms with E-state index in [0.29, 0.717) is 6.04 Å². The van der Waals surface area contributed by atoms with Gasteiger partial charge >= 0.3 is 0 Å². The summed E-state index contributed by atoms with van der Waals surface area (Å²) in [4.78, 5) is 0. The summed E-state index contributed by atoms with van der Waals surface area (Å²) in [5.41, 5.74) is 0. The monoisotopic (exact) mass is 287 g/mol. The first-order valence-corrected chi connectivity index (χ1v) is 8.85. The highest BCUT2D eigenvalue weighted by molar-refractivity contribution is 7.84. The number of unbranched alkanes of at least 4 members (excludes halogenated alkanes) is 5. The van der Waals surface area contributed by atoms with E-state index in [1.54, 1.807) is 0 Å². The summed E-state index contributed by atoms with van der Waals surface area (Å²) in [5, 5.41) is 0. The van der Waals surface area contributed by atoms with Crippen molar-refractivity contribution in [2.24, 2.45) is 0 Å². The van der Waals surface area contributed by atoms with Gasteiger partial charge < -0.3 is 0 Å². The van der Waals surface area contributed by atoms with E-state index in [-0.39, 0.29) is 4.75 Å². The minimum atomic E-state index is -0.977. The van der Waals surface area contributed by atoms with Crippen molar-refractivity contribution in [1.29, 1.82) is 0 Å². The number of rotatable bonds is 11. The van der Waals surface area contributed by atoms with Crippen molar-refractivity contribution in [2.45, 2.75) is 89.9 Å². The van der Waals surface area contributed by atoms with Gasteiger partial charge in [0.2, 0.25) is 0 Å². The molecule has 0 bridgehead atoms. The van der Waals surface area contributed by atoms with Crippen molar-refractivity contribution in [3.63, 3.8) is 0 Å². The minimum Gasteiger partial charge on any atom is -0.242 e. The third-order valence-corrected chi connectivity index (χ3v) is 4.85. The third-order valence-electron chi connectivity index (χ3n) is 3.19. The molecule has 0 aromatic heterocycles. The Hall–Kier alpha value is -0.150. The van der Waals surface area contributed by atoms with Crippen LogP contribution in [0.4, 0.5) is 0 Å². The van der Waals surface area contributed by atoms with Gasteiger partial charge in [-0.1, -0.05) is 51.5 Å². The van der Waals surface area contributed by atoms with Gasteiger partial charge in [0, 0.05) is 6.04 Å². The molecule has 0 aliphatic carbocycles.